The van der Waals surface area contributed by atoms with Crippen molar-refractivity contribution >= 4 is 16.6 Å². The highest BCUT2D eigenvalue weighted by atomic mass is 16.5. The summed E-state index contributed by atoms with van der Waals surface area (Å²) in [6.07, 6.45) is 1.97. The summed E-state index contributed by atoms with van der Waals surface area (Å²) in [5.74, 6) is 0. The molecule has 0 saturated carbocycles. The number of fused-ring (bicyclic) bond motifs is 1. The monoisotopic (exact) mass is 161 g/mol. The molecule has 0 bridgehead atoms. The molecule has 0 aliphatic rings. The maximum Gasteiger partial charge on any atom is 0.0498 e. The van der Waals surface area contributed by atoms with E-state index in [0.717, 1.165) is 10.9 Å². The van der Waals surface area contributed by atoms with Gasteiger partial charge in [0.1, 0.15) is 0 Å². The molecule has 1 aromatic heterocycles. The van der Waals surface area contributed by atoms with E-state index in [9.17, 15) is 5.21 Å². The van der Waals surface area contributed by atoms with E-state index >= 15 is 0 Å². The first kappa shape index (κ1) is 7.18. The zero-order valence-corrected chi connectivity index (χ0v) is 6.74. The highest BCUT2D eigenvalue weighted by Crippen LogP contribution is 2.18. The Morgan fingerprint density at radius 2 is 2.17 bits per heavy atom. The molecular formula is C9H9N2O-. The molecule has 0 atom stereocenters. The van der Waals surface area contributed by atoms with Crippen molar-refractivity contribution in [3.8, 4) is 0 Å². The van der Waals surface area contributed by atoms with Crippen LogP contribution in [0.3, 0.4) is 0 Å². The quantitative estimate of drug-likeness (QED) is 0.650. The van der Waals surface area contributed by atoms with Gasteiger partial charge in [0.15, 0.2) is 0 Å². The third-order valence-corrected chi connectivity index (χ3v) is 2.01. The molecule has 62 valence electrons. The lowest BCUT2D eigenvalue weighted by Gasteiger charge is -2.08. The summed E-state index contributed by atoms with van der Waals surface area (Å²) in [6, 6.07) is 7.55. The van der Waals surface area contributed by atoms with Crippen LogP contribution < -0.4 is 5.48 Å². The molecule has 3 nitrogen and oxygen atoms in total. The number of nitrogens with zero attached hydrogens (tertiary/aromatic N) is 1. The van der Waals surface area contributed by atoms with Gasteiger partial charge in [-0.15, -0.1) is 0 Å². The topological polar surface area (TPSA) is 40.0 Å². The zero-order chi connectivity index (χ0) is 8.55. The minimum absolute atomic E-state index is 0.601. The Labute approximate surface area is 70.2 Å². The van der Waals surface area contributed by atoms with Crippen LogP contribution in [-0.2, 0) is 7.05 Å². The second-order valence-corrected chi connectivity index (χ2v) is 2.80. The molecular weight excluding hydrogens is 152 g/mol. The number of aromatic nitrogens is 1. The van der Waals surface area contributed by atoms with Crippen molar-refractivity contribution in [2.45, 2.75) is 0 Å². The molecule has 0 aliphatic heterocycles. The Morgan fingerprint density at radius 3 is 2.92 bits per heavy atom. The number of benzene rings is 1. The van der Waals surface area contributed by atoms with E-state index in [2.05, 4.69) is 0 Å². The fraction of sp³-hybridized carbons (Fsp3) is 0.111. The molecule has 1 heterocycles. The third-order valence-electron chi connectivity index (χ3n) is 2.01. The average Bonchev–Trinajstić information content (AvgIpc) is 2.47. The van der Waals surface area contributed by atoms with E-state index in [0.29, 0.717) is 5.69 Å². The van der Waals surface area contributed by atoms with Crippen LogP contribution in [0.25, 0.3) is 10.9 Å². The Bertz CT molecular complexity index is 406. The molecule has 2 rings (SSSR count). The normalized spacial score (nSPS) is 10.5. The fourth-order valence-corrected chi connectivity index (χ4v) is 1.33. The van der Waals surface area contributed by atoms with Gasteiger partial charge in [-0.3, -0.25) is 0 Å². The Morgan fingerprint density at radius 1 is 1.33 bits per heavy atom. The highest BCUT2D eigenvalue weighted by molar-refractivity contribution is 5.83. The average molecular weight is 161 g/mol. The predicted molar refractivity (Wildman–Crippen MR) is 49.9 cm³/mol. The van der Waals surface area contributed by atoms with Gasteiger partial charge >= 0.3 is 0 Å². The van der Waals surface area contributed by atoms with Gasteiger partial charge in [0, 0.05) is 24.4 Å². The predicted octanol–water partition coefficient (Wildman–Crippen LogP) is 2.09. The summed E-state index contributed by atoms with van der Waals surface area (Å²) in [4.78, 5) is 0. The van der Waals surface area contributed by atoms with Gasteiger partial charge in [-0.25, -0.2) is 0 Å². The van der Waals surface area contributed by atoms with E-state index in [-0.39, 0.29) is 0 Å². The molecule has 0 fully saturated rings. The lowest BCUT2D eigenvalue weighted by atomic mass is 10.2. The van der Waals surface area contributed by atoms with Crippen LogP contribution in [0, 0.1) is 5.21 Å². The minimum Gasteiger partial charge on any atom is -0.761 e. The summed E-state index contributed by atoms with van der Waals surface area (Å²) < 4.78 is 1.98. The van der Waals surface area contributed by atoms with Crippen molar-refractivity contribution in [2.75, 3.05) is 5.48 Å². The van der Waals surface area contributed by atoms with Gasteiger partial charge in [0.2, 0.25) is 0 Å². The van der Waals surface area contributed by atoms with Gasteiger partial charge in [0.25, 0.3) is 0 Å². The third kappa shape index (κ3) is 0.950. The number of hydrogen-bond acceptors (Lipinski definition) is 2. The van der Waals surface area contributed by atoms with E-state index in [1.54, 1.807) is 6.07 Å². The number of aryl methyl sites for hydroxylation is 1. The van der Waals surface area contributed by atoms with E-state index in [1.807, 2.05) is 41.5 Å². The van der Waals surface area contributed by atoms with Crippen molar-refractivity contribution in [1.29, 1.82) is 0 Å². The summed E-state index contributed by atoms with van der Waals surface area (Å²) in [5.41, 5.74) is 3.54. The molecule has 0 radical (unpaired) electrons. The smallest absolute Gasteiger partial charge is 0.0498 e. The first-order valence-electron chi connectivity index (χ1n) is 3.74. The van der Waals surface area contributed by atoms with Crippen LogP contribution in [-0.4, -0.2) is 4.57 Å². The maximum atomic E-state index is 10.3. The zero-order valence-electron chi connectivity index (χ0n) is 6.74. The summed E-state index contributed by atoms with van der Waals surface area (Å²) in [7, 11) is 1.96. The molecule has 3 heteroatoms. The lowest BCUT2D eigenvalue weighted by Crippen LogP contribution is -1.87. The van der Waals surface area contributed by atoms with Gasteiger partial charge in [0.05, 0.1) is 0 Å². The first-order chi connectivity index (χ1) is 5.81. The van der Waals surface area contributed by atoms with Crippen molar-refractivity contribution in [3.63, 3.8) is 0 Å². The van der Waals surface area contributed by atoms with Crippen LogP contribution in [0.5, 0.6) is 0 Å². The number of hydrogen-bond donors (Lipinski definition) is 1. The van der Waals surface area contributed by atoms with Gasteiger partial charge < -0.3 is 15.3 Å². The standard InChI is InChI=1S/C9H9N2O/c1-11-5-4-7-2-3-8(10-12)6-9(7)11/h2-6,10H,1H3/q-1. The summed E-state index contributed by atoms with van der Waals surface area (Å²) >= 11 is 0. The van der Waals surface area contributed by atoms with Crippen molar-refractivity contribution in [2.24, 2.45) is 7.05 Å². The molecule has 0 spiro atoms. The molecule has 12 heavy (non-hydrogen) atoms. The van der Waals surface area contributed by atoms with Crippen LogP contribution in [0.2, 0.25) is 0 Å². The van der Waals surface area contributed by atoms with Crippen LogP contribution in [0.1, 0.15) is 0 Å². The summed E-state index contributed by atoms with van der Waals surface area (Å²) in [5, 5.41) is 11.5. The fourth-order valence-electron chi connectivity index (χ4n) is 1.33. The van der Waals surface area contributed by atoms with Gasteiger partial charge in [-0.05, 0) is 23.6 Å². The number of rotatable bonds is 1. The van der Waals surface area contributed by atoms with Crippen LogP contribution >= 0.6 is 0 Å². The van der Waals surface area contributed by atoms with Gasteiger partial charge in [-0.2, -0.15) is 0 Å². The minimum atomic E-state index is 0.601. The Balaban J connectivity index is 2.71. The van der Waals surface area contributed by atoms with Gasteiger partial charge in [-0.1, -0.05) is 6.07 Å². The van der Waals surface area contributed by atoms with Crippen molar-refractivity contribution in [1.82, 2.24) is 4.57 Å². The Hall–Kier alpha value is -1.48. The second-order valence-electron chi connectivity index (χ2n) is 2.80. The largest absolute Gasteiger partial charge is 0.761 e. The first-order valence-corrected chi connectivity index (χ1v) is 3.74. The Kier molecular flexibility index (Phi) is 1.52. The molecule has 2 aromatic rings. The maximum absolute atomic E-state index is 10.3. The lowest BCUT2D eigenvalue weighted by molar-refractivity contribution is 0.969. The highest BCUT2D eigenvalue weighted by Gasteiger charge is 1.96. The number of nitrogens with one attached hydrogen (secondary N) is 1. The van der Waals surface area contributed by atoms with E-state index in [1.165, 1.54) is 0 Å². The second kappa shape index (κ2) is 2.53. The summed E-state index contributed by atoms with van der Waals surface area (Å²) in [6.45, 7) is 0. The van der Waals surface area contributed by atoms with Crippen LogP contribution in [0.4, 0.5) is 5.69 Å². The van der Waals surface area contributed by atoms with E-state index in [4.69, 9.17) is 0 Å². The van der Waals surface area contributed by atoms with E-state index < -0.39 is 0 Å². The van der Waals surface area contributed by atoms with Crippen LogP contribution in [0.15, 0.2) is 30.5 Å². The van der Waals surface area contributed by atoms with Crippen molar-refractivity contribution < 1.29 is 0 Å². The molecule has 0 saturated heterocycles. The molecule has 1 N–H and O–H groups in total. The van der Waals surface area contributed by atoms with Crippen molar-refractivity contribution in [3.05, 3.63) is 35.7 Å². The number of anilines is 1. The molecule has 1 aromatic carbocycles. The molecule has 0 aliphatic carbocycles. The SMILES string of the molecule is Cn1ccc2ccc(N[O-])cc21. The molecule has 0 unspecified atom stereocenters. The molecule has 0 amide bonds.